The molecule has 0 unspecified atom stereocenters. The number of H-pyrrole nitrogens is 1. The lowest BCUT2D eigenvalue weighted by atomic mass is 10.4. The molecular weight excluding hydrogens is 261 g/mol. The molecule has 1 aliphatic rings. The van der Waals surface area contributed by atoms with Crippen molar-refractivity contribution in [1.29, 1.82) is 0 Å². The molecule has 1 fully saturated rings. The Bertz CT molecular complexity index is 613. The fourth-order valence-corrected chi connectivity index (χ4v) is 2.12. The zero-order valence-electron chi connectivity index (χ0n) is 10.8. The van der Waals surface area contributed by atoms with Gasteiger partial charge in [-0.1, -0.05) is 0 Å². The third kappa shape index (κ3) is 2.44. The van der Waals surface area contributed by atoms with Crippen LogP contribution in [0.15, 0.2) is 28.6 Å². The normalized spacial score (nSPS) is 15.3. The lowest BCUT2D eigenvalue weighted by molar-refractivity contribution is 0.584. The summed E-state index contributed by atoms with van der Waals surface area (Å²) in [5.74, 6) is 0.522. The molecule has 3 rings (SSSR count). The molecule has 0 aliphatic carbocycles. The molecule has 3 heterocycles. The Morgan fingerprint density at radius 3 is 2.75 bits per heavy atom. The second-order valence-electron chi connectivity index (χ2n) is 4.54. The molecule has 3 N–H and O–H groups in total. The van der Waals surface area contributed by atoms with Crippen molar-refractivity contribution in [2.24, 2.45) is 10.2 Å². The van der Waals surface area contributed by atoms with Gasteiger partial charge < -0.3 is 10.6 Å². The van der Waals surface area contributed by atoms with E-state index in [1.165, 1.54) is 18.3 Å². The summed E-state index contributed by atoms with van der Waals surface area (Å²) >= 11 is 0. The van der Waals surface area contributed by atoms with Crippen LogP contribution >= 0.6 is 0 Å². The molecule has 7 nitrogen and oxygen atoms in total. The predicted octanol–water partition coefficient (Wildman–Crippen LogP) is 2.54. The highest BCUT2D eigenvalue weighted by atomic mass is 19.1. The first-order chi connectivity index (χ1) is 9.74. The van der Waals surface area contributed by atoms with E-state index < -0.39 is 5.95 Å². The molecule has 1 aliphatic heterocycles. The molecule has 0 aromatic carbocycles. The van der Waals surface area contributed by atoms with Crippen molar-refractivity contribution >= 4 is 23.0 Å². The molecular formula is C12H14FN7. The van der Waals surface area contributed by atoms with Crippen LogP contribution in [0.1, 0.15) is 12.8 Å². The van der Waals surface area contributed by atoms with Crippen molar-refractivity contribution in [3.63, 3.8) is 0 Å². The van der Waals surface area contributed by atoms with Gasteiger partial charge in [-0.25, -0.2) is 4.98 Å². The molecule has 1 saturated heterocycles. The summed E-state index contributed by atoms with van der Waals surface area (Å²) in [6, 6.07) is 2.73. The first-order valence-electron chi connectivity index (χ1n) is 6.36. The third-order valence-electron chi connectivity index (χ3n) is 3.13. The average molecular weight is 275 g/mol. The summed E-state index contributed by atoms with van der Waals surface area (Å²) in [6.07, 6.45) is 3.57. The van der Waals surface area contributed by atoms with Gasteiger partial charge in [-0.15, -0.1) is 10.2 Å². The van der Waals surface area contributed by atoms with Crippen molar-refractivity contribution in [2.45, 2.75) is 12.8 Å². The number of azo groups is 1. The number of aromatic nitrogens is 3. The number of nitrogens with two attached hydrogens (primary N) is 1. The molecule has 20 heavy (non-hydrogen) atoms. The summed E-state index contributed by atoms with van der Waals surface area (Å²) in [4.78, 5) is 5.63. The Morgan fingerprint density at radius 1 is 1.25 bits per heavy atom. The van der Waals surface area contributed by atoms with Gasteiger partial charge in [0.15, 0.2) is 11.5 Å². The summed E-state index contributed by atoms with van der Waals surface area (Å²) in [7, 11) is 0. The lowest BCUT2D eigenvalue weighted by Crippen LogP contribution is -2.18. The van der Waals surface area contributed by atoms with Crippen LogP contribution in [0.4, 0.5) is 27.4 Å². The lowest BCUT2D eigenvalue weighted by Gasteiger charge is -2.13. The first-order valence-corrected chi connectivity index (χ1v) is 6.36. The van der Waals surface area contributed by atoms with Crippen molar-refractivity contribution in [2.75, 3.05) is 23.7 Å². The zero-order chi connectivity index (χ0) is 13.9. The minimum Gasteiger partial charge on any atom is -0.382 e. The number of hydrogen-bond acceptors (Lipinski definition) is 6. The molecule has 0 amide bonds. The Kier molecular flexibility index (Phi) is 3.28. The molecule has 0 saturated carbocycles. The van der Waals surface area contributed by atoms with Crippen molar-refractivity contribution in [3.05, 3.63) is 24.3 Å². The smallest absolute Gasteiger partial charge is 0.212 e. The van der Waals surface area contributed by atoms with E-state index in [4.69, 9.17) is 5.73 Å². The Morgan fingerprint density at radius 2 is 2.05 bits per heavy atom. The molecule has 104 valence electrons. The van der Waals surface area contributed by atoms with Gasteiger partial charge in [0.25, 0.3) is 0 Å². The minimum absolute atomic E-state index is 0.366. The monoisotopic (exact) mass is 275 g/mol. The number of nitrogens with one attached hydrogen (secondary N) is 1. The summed E-state index contributed by atoms with van der Waals surface area (Å²) in [5.41, 5.74) is 6.79. The van der Waals surface area contributed by atoms with Gasteiger partial charge in [-0.05, 0) is 25.0 Å². The SMILES string of the molecule is Nc1[nH]nc(N2CCCC2)c1N=Nc1ccc(F)nc1. The summed E-state index contributed by atoms with van der Waals surface area (Å²) in [6.45, 7) is 1.87. The highest BCUT2D eigenvalue weighted by molar-refractivity contribution is 5.73. The van der Waals surface area contributed by atoms with Crippen LogP contribution in [0.25, 0.3) is 0 Å². The average Bonchev–Trinajstić information content (AvgIpc) is 3.08. The van der Waals surface area contributed by atoms with Gasteiger partial charge in [-0.3, -0.25) is 5.10 Å². The maximum absolute atomic E-state index is 12.7. The van der Waals surface area contributed by atoms with Gasteiger partial charge in [-0.2, -0.15) is 9.49 Å². The van der Waals surface area contributed by atoms with Crippen LogP contribution in [-0.2, 0) is 0 Å². The largest absolute Gasteiger partial charge is 0.382 e. The fourth-order valence-electron chi connectivity index (χ4n) is 2.12. The first kappa shape index (κ1) is 12.5. The van der Waals surface area contributed by atoms with Crippen LogP contribution in [0.2, 0.25) is 0 Å². The predicted molar refractivity (Wildman–Crippen MR) is 72.8 cm³/mol. The van der Waals surface area contributed by atoms with E-state index in [-0.39, 0.29) is 0 Å². The summed E-state index contributed by atoms with van der Waals surface area (Å²) in [5, 5.41) is 15.0. The van der Waals surface area contributed by atoms with E-state index in [9.17, 15) is 4.39 Å². The van der Waals surface area contributed by atoms with E-state index >= 15 is 0 Å². The number of pyridine rings is 1. The number of aromatic amines is 1. The molecule has 2 aromatic heterocycles. The topological polar surface area (TPSA) is 95.6 Å². The van der Waals surface area contributed by atoms with Gasteiger partial charge in [0.05, 0.1) is 6.20 Å². The minimum atomic E-state index is -0.551. The van der Waals surface area contributed by atoms with Crippen molar-refractivity contribution in [3.8, 4) is 0 Å². The van der Waals surface area contributed by atoms with Gasteiger partial charge in [0.1, 0.15) is 11.5 Å². The molecule has 0 bridgehead atoms. The number of nitrogen functional groups attached to an aromatic ring is 1. The highest BCUT2D eigenvalue weighted by Gasteiger charge is 2.20. The van der Waals surface area contributed by atoms with Crippen LogP contribution in [0, 0.1) is 5.95 Å². The van der Waals surface area contributed by atoms with E-state index in [0.29, 0.717) is 23.0 Å². The van der Waals surface area contributed by atoms with Gasteiger partial charge >= 0.3 is 0 Å². The van der Waals surface area contributed by atoms with Gasteiger partial charge in [0.2, 0.25) is 5.95 Å². The number of halogens is 1. The molecule has 8 heteroatoms. The van der Waals surface area contributed by atoms with Crippen LogP contribution < -0.4 is 10.6 Å². The Balaban J connectivity index is 1.86. The second-order valence-corrected chi connectivity index (χ2v) is 4.54. The van der Waals surface area contributed by atoms with Gasteiger partial charge in [0, 0.05) is 13.1 Å². The van der Waals surface area contributed by atoms with Crippen LogP contribution in [-0.4, -0.2) is 28.3 Å². The Hall–Kier alpha value is -2.51. The number of rotatable bonds is 3. The van der Waals surface area contributed by atoms with E-state index in [2.05, 4.69) is 30.3 Å². The molecule has 0 atom stereocenters. The maximum Gasteiger partial charge on any atom is 0.212 e. The van der Waals surface area contributed by atoms with Crippen LogP contribution in [0.5, 0.6) is 0 Å². The maximum atomic E-state index is 12.7. The number of nitrogens with zero attached hydrogens (tertiary/aromatic N) is 5. The second kappa shape index (κ2) is 5.24. The quantitative estimate of drug-likeness (QED) is 0.664. The third-order valence-corrected chi connectivity index (χ3v) is 3.13. The molecule has 0 spiro atoms. The fraction of sp³-hybridized carbons (Fsp3) is 0.333. The van der Waals surface area contributed by atoms with E-state index in [1.807, 2.05) is 0 Å². The Labute approximate surface area is 114 Å². The number of hydrogen-bond donors (Lipinski definition) is 2. The highest BCUT2D eigenvalue weighted by Crippen LogP contribution is 2.34. The van der Waals surface area contributed by atoms with E-state index in [0.717, 1.165) is 25.9 Å². The molecule has 0 radical (unpaired) electrons. The van der Waals surface area contributed by atoms with Crippen LogP contribution in [0.3, 0.4) is 0 Å². The zero-order valence-corrected chi connectivity index (χ0v) is 10.8. The standard InChI is InChI=1S/C12H14FN7/c13-9-4-3-8(7-15-9)16-17-10-11(14)18-19-12(10)20-5-1-2-6-20/h3-4,7H,1-2,5-6H2,(H3,14,18,19). The van der Waals surface area contributed by atoms with Crippen molar-refractivity contribution in [1.82, 2.24) is 15.2 Å². The molecule has 2 aromatic rings. The summed E-state index contributed by atoms with van der Waals surface area (Å²) < 4.78 is 12.7. The van der Waals surface area contributed by atoms with Crippen molar-refractivity contribution < 1.29 is 4.39 Å². The van der Waals surface area contributed by atoms with E-state index in [1.54, 1.807) is 0 Å². The number of anilines is 2.